The van der Waals surface area contributed by atoms with Gasteiger partial charge >= 0.3 is 12.2 Å². The standard InChI is InChI=1S/C24H28N6O5/c1-15(34-23(33)26-19-11-7-17(14-31)8-12-19)20-27-29-21(30-28-20)18-9-5-16(6-10-18)13-25-22(32)35-24(2,3)4/h5-12,15,31H,13-14H2,1-4H3,(H,25,32)(H,26,33). The number of benzene rings is 2. The molecule has 0 aliphatic rings. The highest BCUT2D eigenvalue weighted by molar-refractivity contribution is 5.84. The van der Waals surface area contributed by atoms with Gasteiger partial charge in [-0.3, -0.25) is 5.32 Å². The maximum Gasteiger partial charge on any atom is 0.412 e. The van der Waals surface area contributed by atoms with E-state index in [9.17, 15) is 9.59 Å². The number of anilines is 1. The molecule has 0 aliphatic heterocycles. The highest BCUT2D eigenvalue weighted by Crippen LogP contribution is 2.17. The van der Waals surface area contributed by atoms with E-state index < -0.39 is 23.9 Å². The number of nitrogens with zero attached hydrogens (tertiary/aromatic N) is 4. The van der Waals surface area contributed by atoms with Gasteiger partial charge in [0.2, 0.25) is 11.6 Å². The Morgan fingerprint density at radius 2 is 1.51 bits per heavy atom. The molecule has 1 unspecified atom stereocenters. The van der Waals surface area contributed by atoms with E-state index in [-0.39, 0.29) is 12.4 Å². The number of amides is 2. The van der Waals surface area contributed by atoms with E-state index in [0.717, 1.165) is 11.1 Å². The zero-order chi connectivity index (χ0) is 25.4. The normalized spacial score (nSPS) is 11.9. The second kappa shape index (κ2) is 11.3. The molecule has 0 fully saturated rings. The lowest BCUT2D eigenvalue weighted by Crippen LogP contribution is -2.32. The van der Waals surface area contributed by atoms with Crippen LogP contribution in [-0.4, -0.2) is 43.3 Å². The predicted molar refractivity (Wildman–Crippen MR) is 127 cm³/mol. The summed E-state index contributed by atoms with van der Waals surface area (Å²) in [5.74, 6) is 0.457. The molecule has 1 heterocycles. The van der Waals surface area contributed by atoms with Gasteiger partial charge in [0.1, 0.15) is 5.60 Å². The van der Waals surface area contributed by atoms with E-state index in [0.29, 0.717) is 23.6 Å². The Kier molecular flexibility index (Phi) is 8.26. The minimum atomic E-state index is -0.776. The van der Waals surface area contributed by atoms with Gasteiger partial charge in [-0.25, -0.2) is 9.59 Å². The molecule has 35 heavy (non-hydrogen) atoms. The Balaban J connectivity index is 1.52. The number of rotatable bonds is 7. The molecule has 0 saturated carbocycles. The van der Waals surface area contributed by atoms with Crippen molar-refractivity contribution >= 4 is 17.9 Å². The van der Waals surface area contributed by atoms with Gasteiger partial charge in [-0.15, -0.1) is 20.4 Å². The van der Waals surface area contributed by atoms with E-state index in [4.69, 9.17) is 14.6 Å². The molecule has 3 aromatic rings. The third-order valence-electron chi connectivity index (χ3n) is 4.57. The fourth-order valence-corrected chi connectivity index (χ4v) is 2.83. The number of hydrogen-bond donors (Lipinski definition) is 3. The first-order valence-electron chi connectivity index (χ1n) is 10.9. The molecular weight excluding hydrogens is 452 g/mol. The van der Waals surface area contributed by atoms with E-state index in [2.05, 4.69) is 31.0 Å². The highest BCUT2D eigenvalue weighted by Gasteiger charge is 2.17. The lowest BCUT2D eigenvalue weighted by atomic mass is 10.1. The van der Waals surface area contributed by atoms with E-state index in [1.807, 2.05) is 12.1 Å². The van der Waals surface area contributed by atoms with Crippen LogP contribution in [0.4, 0.5) is 15.3 Å². The summed E-state index contributed by atoms with van der Waals surface area (Å²) >= 11 is 0. The largest absolute Gasteiger partial charge is 0.444 e. The molecule has 0 radical (unpaired) electrons. The molecule has 0 bridgehead atoms. The number of aromatic nitrogens is 4. The Bertz CT molecular complexity index is 1130. The van der Waals surface area contributed by atoms with Gasteiger partial charge in [-0.1, -0.05) is 36.4 Å². The van der Waals surface area contributed by atoms with Crippen LogP contribution < -0.4 is 10.6 Å². The number of carbonyl (C=O) groups is 2. The van der Waals surface area contributed by atoms with E-state index >= 15 is 0 Å². The monoisotopic (exact) mass is 480 g/mol. The van der Waals surface area contributed by atoms with Gasteiger partial charge in [0.15, 0.2) is 6.10 Å². The summed E-state index contributed by atoms with van der Waals surface area (Å²) in [5.41, 5.74) is 2.26. The first kappa shape index (κ1) is 25.5. The van der Waals surface area contributed by atoms with Crippen LogP contribution in [0, 0.1) is 0 Å². The lowest BCUT2D eigenvalue weighted by Gasteiger charge is -2.19. The van der Waals surface area contributed by atoms with Crippen LogP contribution in [0.25, 0.3) is 11.4 Å². The Morgan fingerprint density at radius 1 is 0.914 bits per heavy atom. The Hall–Kier alpha value is -4.12. The zero-order valence-corrected chi connectivity index (χ0v) is 20.0. The summed E-state index contributed by atoms with van der Waals surface area (Å²) in [6.45, 7) is 7.25. The maximum atomic E-state index is 12.1. The van der Waals surface area contributed by atoms with Crippen LogP contribution in [-0.2, 0) is 22.6 Å². The van der Waals surface area contributed by atoms with Crippen molar-refractivity contribution in [2.24, 2.45) is 0 Å². The van der Waals surface area contributed by atoms with Gasteiger partial charge in [-0.2, -0.15) is 0 Å². The molecule has 1 aromatic heterocycles. The van der Waals surface area contributed by atoms with Crippen molar-refractivity contribution in [2.45, 2.75) is 52.6 Å². The van der Waals surface area contributed by atoms with Crippen LogP contribution in [0.1, 0.15) is 50.8 Å². The van der Waals surface area contributed by atoms with Gasteiger partial charge in [-0.05, 0) is 51.0 Å². The second-order valence-corrected chi connectivity index (χ2v) is 8.66. The average Bonchev–Trinajstić information content (AvgIpc) is 2.82. The summed E-state index contributed by atoms with van der Waals surface area (Å²) in [6.07, 6.45) is -1.95. The van der Waals surface area contributed by atoms with Gasteiger partial charge in [0.05, 0.1) is 6.61 Å². The van der Waals surface area contributed by atoms with Crippen molar-refractivity contribution in [1.82, 2.24) is 25.7 Å². The fraction of sp³-hybridized carbons (Fsp3) is 0.333. The highest BCUT2D eigenvalue weighted by atomic mass is 16.6. The fourth-order valence-electron chi connectivity index (χ4n) is 2.83. The van der Waals surface area contributed by atoms with Crippen molar-refractivity contribution in [2.75, 3.05) is 5.32 Å². The van der Waals surface area contributed by atoms with Crippen LogP contribution in [0.15, 0.2) is 48.5 Å². The average molecular weight is 481 g/mol. The third kappa shape index (κ3) is 8.00. The topological polar surface area (TPSA) is 148 Å². The van der Waals surface area contributed by atoms with Crippen molar-refractivity contribution < 1.29 is 24.2 Å². The van der Waals surface area contributed by atoms with Crippen molar-refractivity contribution in [3.63, 3.8) is 0 Å². The molecule has 0 saturated heterocycles. The summed E-state index contributed by atoms with van der Waals surface area (Å²) in [6, 6.07) is 13.9. The number of aliphatic hydroxyl groups is 1. The van der Waals surface area contributed by atoms with E-state index in [1.54, 1.807) is 64.1 Å². The zero-order valence-electron chi connectivity index (χ0n) is 20.0. The van der Waals surface area contributed by atoms with Crippen molar-refractivity contribution in [3.8, 4) is 11.4 Å². The Labute approximate surface area is 202 Å². The van der Waals surface area contributed by atoms with E-state index in [1.165, 1.54) is 0 Å². The molecule has 0 aliphatic carbocycles. The SMILES string of the molecule is CC(OC(=O)Nc1ccc(CO)cc1)c1nnc(-c2ccc(CNC(=O)OC(C)(C)C)cc2)nn1. The second-order valence-electron chi connectivity index (χ2n) is 8.66. The molecule has 3 rings (SSSR count). The number of alkyl carbamates (subject to hydrolysis) is 1. The van der Waals surface area contributed by atoms with Gasteiger partial charge in [0, 0.05) is 17.8 Å². The summed E-state index contributed by atoms with van der Waals surface area (Å²) < 4.78 is 10.5. The van der Waals surface area contributed by atoms with Crippen LogP contribution in [0.5, 0.6) is 0 Å². The van der Waals surface area contributed by atoms with Gasteiger partial charge < -0.3 is 19.9 Å². The molecule has 1 atom stereocenters. The van der Waals surface area contributed by atoms with Crippen LogP contribution in [0.3, 0.4) is 0 Å². The maximum absolute atomic E-state index is 12.1. The van der Waals surface area contributed by atoms with Crippen LogP contribution in [0.2, 0.25) is 0 Å². The number of nitrogens with one attached hydrogen (secondary N) is 2. The molecule has 0 spiro atoms. The summed E-state index contributed by atoms with van der Waals surface area (Å²) in [5, 5.41) is 30.6. The predicted octanol–water partition coefficient (Wildman–Crippen LogP) is 3.76. The first-order chi connectivity index (χ1) is 16.6. The van der Waals surface area contributed by atoms with Crippen molar-refractivity contribution in [3.05, 3.63) is 65.5 Å². The molecule has 184 valence electrons. The molecule has 2 amide bonds. The molecule has 3 N–H and O–H groups in total. The lowest BCUT2D eigenvalue weighted by molar-refractivity contribution is 0.0523. The summed E-state index contributed by atoms with van der Waals surface area (Å²) in [7, 11) is 0. The summed E-state index contributed by atoms with van der Waals surface area (Å²) in [4.78, 5) is 23.9. The molecule has 2 aromatic carbocycles. The first-order valence-corrected chi connectivity index (χ1v) is 10.9. The van der Waals surface area contributed by atoms with Gasteiger partial charge in [0.25, 0.3) is 0 Å². The number of aliphatic hydroxyl groups excluding tert-OH is 1. The number of hydrogen-bond acceptors (Lipinski definition) is 9. The molecular formula is C24H28N6O5. The number of ether oxygens (including phenoxy) is 2. The minimum absolute atomic E-state index is 0.0788. The quantitative estimate of drug-likeness (QED) is 0.459. The van der Waals surface area contributed by atoms with Crippen molar-refractivity contribution in [1.29, 1.82) is 0 Å². The number of carbonyl (C=O) groups excluding carboxylic acids is 2. The molecule has 11 nitrogen and oxygen atoms in total. The Morgan fingerprint density at radius 3 is 2.09 bits per heavy atom. The minimum Gasteiger partial charge on any atom is -0.444 e. The smallest absolute Gasteiger partial charge is 0.412 e. The molecule has 11 heteroatoms. The van der Waals surface area contributed by atoms with Crippen LogP contribution >= 0.6 is 0 Å². The third-order valence-corrected chi connectivity index (χ3v) is 4.57.